The predicted molar refractivity (Wildman–Crippen MR) is 83.2 cm³/mol. The summed E-state index contributed by atoms with van der Waals surface area (Å²) < 4.78 is 1.00. The molecular weight excluding hydrogens is 302 g/mol. The third-order valence-corrected chi connectivity index (χ3v) is 4.38. The number of nitrogens with two attached hydrogens (primary N) is 1. The lowest BCUT2D eigenvalue weighted by Crippen LogP contribution is -2.54. The summed E-state index contributed by atoms with van der Waals surface area (Å²) in [7, 11) is 0. The molecule has 1 aliphatic carbocycles. The zero-order chi connectivity index (χ0) is 13.5. The third-order valence-electron chi connectivity index (χ3n) is 3.95. The van der Waals surface area contributed by atoms with Gasteiger partial charge in [-0.2, -0.15) is 0 Å². The standard InChI is InChI=1S/C15H18BrN3/c1-10-6-15(7-10,9-17)19-13-4-2-3-11-5-12(16)8-18-14(11)13/h2-5,8,10,19H,6-7,9,17H2,1H3. The molecule has 2 aromatic rings. The van der Waals surface area contributed by atoms with Gasteiger partial charge in [0.15, 0.2) is 0 Å². The van der Waals surface area contributed by atoms with E-state index in [0.717, 1.165) is 39.8 Å². The van der Waals surface area contributed by atoms with Crippen molar-refractivity contribution in [2.24, 2.45) is 11.7 Å². The Hall–Kier alpha value is -1.13. The molecule has 0 atom stereocenters. The Morgan fingerprint density at radius 2 is 2.26 bits per heavy atom. The Bertz CT molecular complexity index is 605. The molecule has 4 heteroatoms. The summed E-state index contributed by atoms with van der Waals surface area (Å²) in [4.78, 5) is 4.53. The van der Waals surface area contributed by atoms with Gasteiger partial charge in [-0.25, -0.2) is 0 Å². The van der Waals surface area contributed by atoms with Crippen molar-refractivity contribution in [1.82, 2.24) is 4.98 Å². The van der Waals surface area contributed by atoms with Gasteiger partial charge in [0, 0.05) is 22.6 Å². The highest BCUT2D eigenvalue weighted by molar-refractivity contribution is 9.10. The highest BCUT2D eigenvalue weighted by atomic mass is 79.9. The summed E-state index contributed by atoms with van der Waals surface area (Å²) in [6.07, 6.45) is 4.11. The van der Waals surface area contributed by atoms with Crippen molar-refractivity contribution in [3.63, 3.8) is 0 Å². The van der Waals surface area contributed by atoms with E-state index in [0.29, 0.717) is 6.54 Å². The molecule has 3 nitrogen and oxygen atoms in total. The Labute approximate surface area is 121 Å². The minimum Gasteiger partial charge on any atom is -0.377 e. The molecule has 1 aliphatic rings. The van der Waals surface area contributed by atoms with Gasteiger partial charge in [-0.05, 0) is 46.8 Å². The van der Waals surface area contributed by atoms with Crippen LogP contribution in [0.2, 0.25) is 0 Å². The van der Waals surface area contributed by atoms with Crippen LogP contribution in [0.15, 0.2) is 34.9 Å². The normalized spacial score (nSPS) is 26.2. The molecule has 1 heterocycles. The number of hydrogen-bond acceptors (Lipinski definition) is 3. The highest BCUT2D eigenvalue weighted by Gasteiger charge is 2.41. The maximum atomic E-state index is 5.96. The van der Waals surface area contributed by atoms with E-state index >= 15 is 0 Å². The number of hydrogen-bond donors (Lipinski definition) is 2. The number of fused-ring (bicyclic) bond motifs is 1. The van der Waals surface area contributed by atoms with Gasteiger partial charge in [-0.3, -0.25) is 4.98 Å². The van der Waals surface area contributed by atoms with E-state index in [-0.39, 0.29) is 5.54 Å². The summed E-state index contributed by atoms with van der Waals surface area (Å²) >= 11 is 3.46. The summed E-state index contributed by atoms with van der Waals surface area (Å²) in [5.74, 6) is 0.758. The molecule has 1 saturated carbocycles. The number of rotatable bonds is 3. The van der Waals surface area contributed by atoms with Gasteiger partial charge in [-0.1, -0.05) is 19.1 Å². The predicted octanol–water partition coefficient (Wildman–Crippen LogP) is 3.54. The lowest BCUT2D eigenvalue weighted by molar-refractivity contribution is 0.194. The molecule has 0 bridgehead atoms. The molecule has 3 N–H and O–H groups in total. The SMILES string of the molecule is CC1CC(CN)(Nc2cccc3cc(Br)cnc23)C1. The number of aromatic nitrogens is 1. The summed E-state index contributed by atoms with van der Waals surface area (Å²) in [6.45, 7) is 2.94. The Balaban J connectivity index is 1.97. The lowest BCUT2D eigenvalue weighted by atomic mass is 9.69. The van der Waals surface area contributed by atoms with Crippen LogP contribution in [0.4, 0.5) is 5.69 Å². The van der Waals surface area contributed by atoms with E-state index in [4.69, 9.17) is 5.73 Å². The van der Waals surface area contributed by atoms with Crippen molar-refractivity contribution < 1.29 is 0 Å². The third kappa shape index (κ3) is 2.35. The molecule has 0 radical (unpaired) electrons. The number of nitrogens with one attached hydrogen (secondary N) is 1. The maximum absolute atomic E-state index is 5.96. The van der Waals surface area contributed by atoms with Crippen LogP contribution in [0, 0.1) is 5.92 Å². The van der Waals surface area contributed by atoms with E-state index in [1.807, 2.05) is 6.20 Å². The zero-order valence-electron chi connectivity index (χ0n) is 11.0. The minimum absolute atomic E-state index is 0.0580. The molecule has 0 aliphatic heterocycles. The molecule has 1 aromatic heterocycles. The van der Waals surface area contributed by atoms with Crippen molar-refractivity contribution in [3.05, 3.63) is 34.9 Å². The van der Waals surface area contributed by atoms with E-state index in [1.165, 1.54) is 0 Å². The molecule has 19 heavy (non-hydrogen) atoms. The molecule has 0 unspecified atom stereocenters. The van der Waals surface area contributed by atoms with Crippen LogP contribution in [0.25, 0.3) is 10.9 Å². The van der Waals surface area contributed by atoms with Gasteiger partial charge in [0.25, 0.3) is 0 Å². The molecule has 0 saturated heterocycles. The van der Waals surface area contributed by atoms with E-state index in [9.17, 15) is 0 Å². The van der Waals surface area contributed by atoms with Crippen LogP contribution in [0.1, 0.15) is 19.8 Å². The summed E-state index contributed by atoms with van der Waals surface area (Å²) in [5.41, 5.74) is 8.11. The van der Waals surface area contributed by atoms with E-state index in [1.54, 1.807) is 0 Å². The Kier molecular flexibility index (Phi) is 3.23. The summed E-state index contributed by atoms with van der Waals surface area (Å²) in [5, 5.41) is 4.77. The van der Waals surface area contributed by atoms with Crippen molar-refractivity contribution in [2.45, 2.75) is 25.3 Å². The summed E-state index contributed by atoms with van der Waals surface area (Å²) in [6, 6.07) is 8.32. The number of nitrogens with zero attached hydrogens (tertiary/aromatic N) is 1. The van der Waals surface area contributed by atoms with Gasteiger partial charge in [0.05, 0.1) is 16.7 Å². The minimum atomic E-state index is 0.0580. The lowest BCUT2D eigenvalue weighted by Gasteiger charge is -2.47. The van der Waals surface area contributed by atoms with Gasteiger partial charge >= 0.3 is 0 Å². The van der Waals surface area contributed by atoms with Crippen LogP contribution in [-0.2, 0) is 0 Å². The molecule has 1 aromatic carbocycles. The largest absolute Gasteiger partial charge is 0.377 e. The van der Waals surface area contributed by atoms with Gasteiger partial charge < -0.3 is 11.1 Å². The molecule has 0 spiro atoms. The van der Waals surface area contributed by atoms with E-state index < -0.39 is 0 Å². The smallest absolute Gasteiger partial charge is 0.0934 e. The fraction of sp³-hybridized carbons (Fsp3) is 0.400. The van der Waals surface area contributed by atoms with Crippen molar-refractivity contribution >= 4 is 32.5 Å². The average Bonchev–Trinajstić information content (AvgIpc) is 2.36. The second-order valence-electron chi connectivity index (χ2n) is 5.65. The Morgan fingerprint density at radius 1 is 1.47 bits per heavy atom. The maximum Gasteiger partial charge on any atom is 0.0934 e. The van der Waals surface area contributed by atoms with E-state index in [2.05, 4.69) is 57.4 Å². The number of anilines is 1. The van der Waals surface area contributed by atoms with Crippen molar-refractivity contribution in [2.75, 3.05) is 11.9 Å². The van der Waals surface area contributed by atoms with Gasteiger partial charge in [0.1, 0.15) is 0 Å². The van der Waals surface area contributed by atoms with Crippen LogP contribution < -0.4 is 11.1 Å². The molecule has 3 rings (SSSR count). The fourth-order valence-electron chi connectivity index (χ4n) is 3.11. The van der Waals surface area contributed by atoms with Gasteiger partial charge in [0.2, 0.25) is 0 Å². The monoisotopic (exact) mass is 319 g/mol. The van der Waals surface area contributed by atoms with Crippen LogP contribution >= 0.6 is 15.9 Å². The van der Waals surface area contributed by atoms with Crippen molar-refractivity contribution in [1.29, 1.82) is 0 Å². The highest BCUT2D eigenvalue weighted by Crippen LogP contribution is 2.40. The first kappa shape index (κ1) is 12.9. The van der Waals surface area contributed by atoms with Crippen LogP contribution in [-0.4, -0.2) is 17.1 Å². The van der Waals surface area contributed by atoms with Crippen molar-refractivity contribution in [3.8, 4) is 0 Å². The Morgan fingerprint density at radius 3 is 2.95 bits per heavy atom. The second kappa shape index (κ2) is 4.76. The number of para-hydroxylation sites is 1. The average molecular weight is 320 g/mol. The molecule has 1 fully saturated rings. The first-order valence-electron chi connectivity index (χ1n) is 6.64. The quantitative estimate of drug-likeness (QED) is 0.909. The van der Waals surface area contributed by atoms with Gasteiger partial charge in [-0.15, -0.1) is 0 Å². The molecular formula is C15H18BrN3. The van der Waals surface area contributed by atoms with Crippen LogP contribution in [0.3, 0.4) is 0 Å². The second-order valence-corrected chi connectivity index (χ2v) is 6.57. The topological polar surface area (TPSA) is 50.9 Å². The number of benzene rings is 1. The molecule has 100 valence electrons. The fourth-order valence-corrected chi connectivity index (χ4v) is 3.46. The number of halogens is 1. The first-order chi connectivity index (χ1) is 9.12. The van der Waals surface area contributed by atoms with Crippen LogP contribution in [0.5, 0.6) is 0 Å². The molecule has 0 amide bonds. The zero-order valence-corrected chi connectivity index (χ0v) is 12.6. The number of pyridine rings is 1. The first-order valence-corrected chi connectivity index (χ1v) is 7.44.